The maximum atomic E-state index is 11.3. The third-order valence-corrected chi connectivity index (χ3v) is 4.22. The number of aromatic nitrogens is 4. The number of hydrogen-bond acceptors (Lipinski definition) is 5. The van der Waals surface area contributed by atoms with E-state index < -0.39 is 11.4 Å². The number of hydrogen-bond donors (Lipinski definition) is 1. The Bertz CT molecular complexity index is 500. The van der Waals surface area contributed by atoms with Crippen LogP contribution in [0.15, 0.2) is 0 Å². The Kier molecular flexibility index (Phi) is 3.82. The van der Waals surface area contributed by atoms with E-state index in [0.717, 1.165) is 0 Å². The lowest BCUT2D eigenvalue weighted by molar-refractivity contribution is -0.147. The van der Waals surface area contributed by atoms with Gasteiger partial charge in [-0.3, -0.25) is 4.79 Å². The molecule has 0 saturated carbocycles. The number of carboxylic acid groups (broad SMARTS) is 1. The smallest absolute Gasteiger partial charge is 0.310 e. The minimum atomic E-state index is -0.915. The highest BCUT2D eigenvalue weighted by molar-refractivity contribution is 5.73. The van der Waals surface area contributed by atoms with Crippen molar-refractivity contribution >= 4 is 5.97 Å². The number of carboxylic acids is 1. The number of nitrogens with zero attached hydrogens (tertiary/aromatic N) is 4. The first-order valence-electron chi connectivity index (χ1n) is 6.89. The summed E-state index contributed by atoms with van der Waals surface area (Å²) in [5, 5.41) is 21.0. The molecular formula is C13H22N4O3. The van der Waals surface area contributed by atoms with Crippen molar-refractivity contribution in [2.24, 2.45) is 11.3 Å². The van der Waals surface area contributed by atoms with Crippen molar-refractivity contribution in [2.45, 2.75) is 59.3 Å². The normalized spacial score (nSPS) is 30.6. The molecular weight excluding hydrogens is 260 g/mol. The molecule has 0 amide bonds. The van der Waals surface area contributed by atoms with Gasteiger partial charge in [0.15, 0.2) is 5.82 Å². The third kappa shape index (κ3) is 2.54. The quantitative estimate of drug-likeness (QED) is 0.895. The van der Waals surface area contributed by atoms with E-state index in [4.69, 9.17) is 4.74 Å². The van der Waals surface area contributed by atoms with Crippen LogP contribution in [0, 0.1) is 11.3 Å². The van der Waals surface area contributed by atoms with Gasteiger partial charge in [-0.2, -0.15) is 0 Å². The SMILES string of the molecule is CC1OC(C)C(c2nnnn2CC(C)(C)C(=O)O)C1C. The van der Waals surface area contributed by atoms with Gasteiger partial charge >= 0.3 is 5.97 Å². The molecule has 0 aromatic carbocycles. The second kappa shape index (κ2) is 5.12. The predicted molar refractivity (Wildman–Crippen MR) is 71.1 cm³/mol. The summed E-state index contributed by atoms with van der Waals surface area (Å²) >= 11 is 0. The summed E-state index contributed by atoms with van der Waals surface area (Å²) in [6.07, 6.45) is 0.172. The fourth-order valence-electron chi connectivity index (χ4n) is 2.72. The molecule has 7 nitrogen and oxygen atoms in total. The van der Waals surface area contributed by atoms with E-state index in [0.29, 0.717) is 11.7 Å². The van der Waals surface area contributed by atoms with E-state index in [-0.39, 0.29) is 24.7 Å². The van der Waals surface area contributed by atoms with Crippen molar-refractivity contribution in [3.05, 3.63) is 5.82 Å². The van der Waals surface area contributed by atoms with E-state index >= 15 is 0 Å². The van der Waals surface area contributed by atoms with Gasteiger partial charge in [0, 0.05) is 0 Å². The van der Waals surface area contributed by atoms with E-state index in [9.17, 15) is 9.90 Å². The molecule has 0 bridgehead atoms. The lowest BCUT2D eigenvalue weighted by Gasteiger charge is -2.22. The fraction of sp³-hybridized carbons (Fsp3) is 0.846. The van der Waals surface area contributed by atoms with Crippen LogP contribution in [0.25, 0.3) is 0 Å². The van der Waals surface area contributed by atoms with Crippen molar-refractivity contribution in [1.29, 1.82) is 0 Å². The summed E-state index contributed by atoms with van der Waals surface area (Å²) in [6, 6.07) is 0. The Morgan fingerprint density at radius 3 is 2.50 bits per heavy atom. The molecule has 1 saturated heterocycles. The first kappa shape index (κ1) is 14.9. The summed E-state index contributed by atoms with van der Waals surface area (Å²) in [5.74, 6) is 0.229. The van der Waals surface area contributed by atoms with Gasteiger partial charge in [-0.05, 0) is 44.0 Å². The summed E-state index contributed by atoms with van der Waals surface area (Å²) in [7, 11) is 0. The Hall–Kier alpha value is -1.50. The number of rotatable bonds is 4. The number of aliphatic carboxylic acids is 1. The molecule has 1 fully saturated rings. The van der Waals surface area contributed by atoms with Gasteiger partial charge in [0.1, 0.15) is 0 Å². The summed E-state index contributed by atoms with van der Waals surface area (Å²) in [5.41, 5.74) is -0.915. The first-order chi connectivity index (χ1) is 9.24. The summed E-state index contributed by atoms with van der Waals surface area (Å²) < 4.78 is 7.42. The molecule has 1 N–H and O–H groups in total. The zero-order valence-electron chi connectivity index (χ0n) is 12.6. The molecule has 2 heterocycles. The highest BCUT2D eigenvalue weighted by atomic mass is 16.5. The predicted octanol–water partition coefficient (Wildman–Crippen LogP) is 1.31. The number of carbonyl (C=O) groups is 1. The molecule has 20 heavy (non-hydrogen) atoms. The Morgan fingerprint density at radius 1 is 1.35 bits per heavy atom. The molecule has 2 rings (SSSR count). The molecule has 1 aromatic heterocycles. The van der Waals surface area contributed by atoms with Crippen LogP contribution in [-0.4, -0.2) is 43.5 Å². The monoisotopic (exact) mass is 282 g/mol. The molecule has 4 atom stereocenters. The van der Waals surface area contributed by atoms with E-state index in [1.165, 1.54) is 0 Å². The molecule has 0 radical (unpaired) electrons. The van der Waals surface area contributed by atoms with Gasteiger partial charge in [-0.15, -0.1) is 5.10 Å². The number of tetrazole rings is 1. The average Bonchev–Trinajstić information content (AvgIpc) is 2.85. The topological polar surface area (TPSA) is 90.1 Å². The number of ether oxygens (including phenoxy) is 1. The molecule has 0 aliphatic carbocycles. The van der Waals surface area contributed by atoms with Crippen molar-refractivity contribution in [1.82, 2.24) is 20.2 Å². The van der Waals surface area contributed by atoms with Crippen LogP contribution in [0.5, 0.6) is 0 Å². The lowest BCUT2D eigenvalue weighted by Crippen LogP contribution is -2.32. The van der Waals surface area contributed by atoms with Crippen LogP contribution in [0.2, 0.25) is 0 Å². The van der Waals surface area contributed by atoms with Gasteiger partial charge in [0.2, 0.25) is 0 Å². The van der Waals surface area contributed by atoms with Crippen molar-refractivity contribution in [2.75, 3.05) is 0 Å². The Morgan fingerprint density at radius 2 is 2.00 bits per heavy atom. The molecule has 1 aromatic rings. The largest absolute Gasteiger partial charge is 0.481 e. The maximum Gasteiger partial charge on any atom is 0.310 e. The molecule has 4 unspecified atom stereocenters. The standard InChI is InChI=1S/C13H22N4O3/c1-7-8(2)20-9(3)10(7)11-14-15-16-17(11)6-13(4,5)12(18)19/h7-10H,6H2,1-5H3,(H,18,19). The fourth-order valence-corrected chi connectivity index (χ4v) is 2.72. The minimum absolute atomic E-state index is 0.0256. The molecule has 1 aliphatic rings. The average molecular weight is 282 g/mol. The van der Waals surface area contributed by atoms with Gasteiger partial charge in [-0.25, -0.2) is 4.68 Å². The third-order valence-electron chi connectivity index (χ3n) is 4.22. The van der Waals surface area contributed by atoms with E-state index in [1.807, 2.05) is 13.8 Å². The van der Waals surface area contributed by atoms with Crippen LogP contribution in [0.3, 0.4) is 0 Å². The minimum Gasteiger partial charge on any atom is -0.481 e. The van der Waals surface area contributed by atoms with Crippen LogP contribution in [0.1, 0.15) is 46.4 Å². The van der Waals surface area contributed by atoms with Gasteiger partial charge in [0.05, 0.1) is 30.1 Å². The second-order valence-electron chi connectivity index (χ2n) is 6.31. The van der Waals surface area contributed by atoms with Gasteiger partial charge in [-0.1, -0.05) is 6.92 Å². The Balaban J connectivity index is 2.27. The zero-order valence-corrected chi connectivity index (χ0v) is 12.6. The molecule has 0 spiro atoms. The van der Waals surface area contributed by atoms with Crippen molar-refractivity contribution in [3.63, 3.8) is 0 Å². The maximum absolute atomic E-state index is 11.3. The Labute approximate surface area is 118 Å². The molecule has 7 heteroatoms. The van der Waals surface area contributed by atoms with Crippen molar-refractivity contribution in [3.8, 4) is 0 Å². The van der Waals surface area contributed by atoms with Crippen molar-refractivity contribution < 1.29 is 14.6 Å². The van der Waals surface area contributed by atoms with Crippen LogP contribution < -0.4 is 0 Å². The zero-order chi connectivity index (χ0) is 15.1. The lowest BCUT2D eigenvalue weighted by atomic mass is 9.88. The van der Waals surface area contributed by atoms with Gasteiger partial charge in [0.25, 0.3) is 0 Å². The van der Waals surface area contributed by atoms with E-state index in [2.05, 4.69) is 22.4 Å². The highest BCUT2D eigenvalue weighted by Gasteiger charge is 2.42. The molecule has 112 valence electrons. The van der Waals surface area contributed by atoms with Crippen LogP contribution in [0.4, 0.5) is 0 Å². The highest BCUT2D eigenvalue weighted by Crippen LogP contribution is 2.39. The van der Waals surface area contributed by atoms with Gasteiger partial charge < -0.3 is 9.84 Å². The van der Waals surface area contributed by atoms with Crippen LogP contribution in [-0.2, 0) is 16.1 Å². The summed E-state index contributed by atoms with van der Waals surface area (Å²) in [4.78, 5) is 11.3. The first-order valence-corrected chi connectivity index (χ1v) is 6.89. The van der Waals surface area contributed by atoms with Crippen LogP contribution >= 0.6 is 0 Å². The second-order valence-corrected chi connectivity index (χ2v) is 6.31. The summed E-state index contributed by atoms with van der Waals surface area (Å²) in [6.45, 7) is 9.74. The van der Waals surface area contributed by atoms with E-state index in [1.54, 1.807) is 18.5 Å². The molecule has 1 aliphatic heterocycles.